The molecule has 0 bridgehead atoms. The molecule has 14 nitrogen and oxygen atoms in total. The van der Waals surface area contributed by atoms with Crippen LogP contribution >= 0.6 is 0 Å². The van der Waals surface area contributed by atoms with Crippen LogP contribution in [0.4, 0.5) is 0 Å². The van der Waals surface area contributed by atoms with Gasteiger partial charge in [0.1, 0.15) is 48.8 Å². The number of hydrogen-bond donors (Lipinski definition) is 9. The van der Waals surface area contributed by atoms with Crippen molar-refractivity contribution >= 4 is 5.91 Å². The van der Waals surface area contributed by atoms with Crippen LogP contribution in [0.5, 0.6) is 0 Å². The summed E-state index contributed by atoms with van der Waals surface area (Å²) < 4.78 is 22.7. The van der Waals surface area contributed by atoms with Crippen molar-refractivity contribution in [3.05, 3.63) is 24.3 Å². The Morgan fingerprint density at radius 2 is 0.831 bits per heavy atom. The molecule has 2 saturated heterocycles. The molecule has 14 heteroatoms. The van der Waals surface area contributed by atoms with Gasteiger partial charge in [-0.1, -0.05) is 263 Å². The second-order valence-corrected chi connectivity index (χ2v) is 22.9. The third kappa shape index (κ3) is 34.5. The second kappa shape index (κ2) is 49.1. The number of nitrogens with one attached hydrogen (secondary N) is 1. The Bertz CT molecular complexity index is 1390. The van der Waals surface area contributed by atoms with Gasteiger partial charge in [0.2, 0.25) is 5.91 Å². The number of rotatable bonds is 52. The lowest BCUT2D eigenvalue weighted by atomic mass is 9.97. The van der Waals surface area contributed by atoms with Gasteiger partial charge >= 0.3 is 0 Å². The van der Waals surface area contributed by atoms with E-state index < -0.39 is 86.8 Å². The fourth-order valence-corrected chi connectivity index (χ4v) is 10.7. The van der Waals surface area contributed by atoms with Crippen LogP contribution in [-0.2, 0) is 23.7 Å². The van der Waals surface area contributed by atoms with E-state index in [1.54, 1.807) is 6.08 Å². The Hall–Kier alpha value is -1.53. The summed E-state index contributed by atoms with van der Waals surface area (Å²) in [4.78, 5) is 13.2. The minimum Gasteiger partial charge on any atom is -0.394 e. The van der Waals surface area contributed by atoms with Crippen molar-refractivity contribution in [2.24, 2.45) is 0 Å². The highest BCUT2D eigenvalue weighted by molar-refractivity contribution is 5.76. The fraction of sp³-hybridized carbons (Fsp3) is 0.921. The van der Waals surface area contributed by atoms with Crippen molar-refractivity contribution in [2.75, 3.05) is 19.8 Å². The summed E-state index contributed by atoms with van der Waals surface area (Å²) >= 11 is 0. The van der Waals surface area contributed by atoms with E-state index in [1.165, 1.54) is 212 Å². The zero-order valence-corrected chi connectivity index (χ0v) is 49.0. The largest absolute Gasteiger partial charge is 0.394 e. The molecule has 0 aromatic rings. The van der Waals surface area contributed by atoms with Gasteiger partial charge in [-0.05, 0) is 32.1 Å². The number of aliphatic hydroxyl groups excluding tert-OH is 8. The topological polar surface area (TPSA) is 228 Å². The minimum atomic E-state index is -1.79. The van der Waals surface area contributed by atoms with Crippen molar-refractivity contribution in [1.29, 1.82) is 0 Å². The third-order valence-corrected chi connectivity index (χ3v) is 15.9. The maximum atomic E-state index is 13.2. The van der Waals surface area contributed by atoms with Gasteiger partial charge in [-0.15, -0.1) is 0 Å². The predicted molar refractivity (Wildman–Crippen MR) is 309 cm³/mol. The summed E-state index contributed by atoms with van der Waals surface area (Å²) in [5.41, 5.74) is 0. The van der Waals surface area contributed by atoms with Crippen molar-refractivity contribution in [3.8, 4) is 0 Å². The number of carbonyl (C=O) groups is 1. The Kier molecular flexibility index (Phi) is 45.7. The first-order valence-corrected chi connectivity index (χ1v) is 32.1. The standard InChI is InChI=1S/C63H119NO13/c1-3-5-7-9-11-13-15-16-17-18-19-20-21-22-23-24-25-26-27-28-29-30-31-32-33-34-35-36-37-38-40-42-44-46-52(67)51(64-55(68)47-45-43-41-39-14-12-10-8-6-4-2)50-74-62-60(73)58(71)61(54(49-66)76-62)77-63-59(72)57(70)56(69)53(48-65)75-63/h37-38,44,46,51-54,56-63,65-67,69-73H,3-36,39-43,45,47-50H2,1-2H3,(H,64,68)/b38-37+,46-44+. The van der Waals surface area contributed by atoms with Gasteiger partial charge < -0.3 is 65.1 Å². The SMILES string of the molecule is CCCCCCCCCCCCCCCCCCCCCCCCCCCCC/C=C/CC/C=C/C(O)C(COC1OC(CO)C(OC2OC(CO)C(O)C(O)C2O)C(O)C1O)NC(=O)CCCCCCCCCCCC. The van der Waals surface area contributed by atoms with Crippen molar-refractivity contribution in [1.82, 2.24) is 5.32 Å². The molecule has 2 aliphatic heterocycles. The van der Waals surface area contributed by atoms with Crippen LogP contribution in [0.3, 0.4) is 0 Å². The maximum Gasteiger partial charge on any atom is 0.220 e. The van der Waals surface area contributed by atoms with Crippen LogP contribution in [0.15, 0.2) is 24.3 Å². The quantitative estimate of drug-likeness (QED) is 0.0204. The molecule has 0 aromatic carbocycles. The van der Waals surface area contributed by atoms with Gasteiger partial charge in [-0.3, -0.25) is 4.79 Å². The highest BCUT2D eigenvalue weighted by Gasteiger charge is 2.51. The zero-order chi connectivity index (χ0) is 56.0. The van der Waals surface area contributed by atoms with Crippen LogP contribution in [0.2, 0.25) is 0 Å². The summed E-state index contributed by atoms with van der Waals surface area (Å²) in [5, 5.41) is 86.9. The fourth-order valence-electron chi connectivity index (χ4n) is 10.7. The third-order valence-electron chi connectivity index (χ3n) is 15.9. The molecular weight excluding hydrogens is 979 g/mol. The Balaban J connectivity index is 1.63. The molecule has 2 rings (SSSR count). The predicted octanol–water partition coefficient (Wildman–Crippen LogP) is 11.6. The molecule has 454 valence electrons. The summed E-state index contributed by atoms with van der Waals surface area (Å²) in [6, 6.07) is -0.927. The molecule has 77 heavy (non-hydrogen) atoms. The van der Waals surface area contributed by atoms with E-state index in [1.807, 2.05) is 6.08 Å². The molecule has 0 aromatic heterocycles. The van der Waals surface area contributed by atoms with Gasteiger partial charge in [-0.25, -0.2) is 0 Å². The summed E-state index contributed by atoms with van der Waals surface area (Å²) in [6.45, 7) is 2.78. The molecule has 2 heterocycles. The monoisotopic (exact) mass is 1100 g/mol. The van der Waals surface area contributed by atoms with Gasteiger partial charge in [-0.2, -0.15) is 0 Å². The minimum absolute atomic E-state index is 0.249. The van der Waals surface area contributed by atoms with E-state index in [0.29, 0.717) is 12.8 Å². The second-order valence-electron chi connectivity index (χ2n) is 22.9. The number of allylic oxidation sites excluding steroid dienone is 3. The normalized spacial score (nSPS) is 24.8. The number of hydrogen-bond acceptors (Lipinski definition) is 13. The summed E-state index contributed by atoms with van der Waals surface area (Å²) in [6.07, 6.45) is 42.7. The highest BCUT2D eigenvalue weighted by Crippen LogP contribution is 2.30. The van der Waals surface area contributed by atoms with Crippen LogP contribution in [-0.4, -0.2) is 140 Å². The first-order chi connectivity index (χ1) is 37.6. The molecule has 0 saturated carbocycles. The lowest BCUT2D eigenvalue weighted by molar-refractivity contribution is -0.359. The average Bonchev–Trinajstić information content (AvgIpc) is 3.43. The van der Waals surface area contributed by atoms with Crippen LogP contribution in [0, 0.1) is 0 Å². The van der Waals surface area contributed by atoms with Gasteiger partial charge in [0.15, 0.2) is 12.6 Å². The molecule has 0 aliphatic carbocycles. The van der Waals surface area contributed by atoms with E-state index in [0.717, 1.165) is 32.1 Å². The highest BCUT2D eigenvalue weighted by atomic mass is 16.7. The molecule has 1 amide bonds. The average molecular weight is 1100 g/mol. The summed E-state index contributed by atoms with van der Waals surface area (Å²) in [5.74, 6) is -0.249. The van der Waals surface area contributed by atoms with Gasteiger partial charge in [0.05, 0.1) is 32.0 Å². The van der Waals surface area contributed by atoms with E-state index >= 15 is 0 Å². The van der Waals surface area contributed by atoms with Crippen LogP contribution < -0.4 is 5.32 Å². The molecule has 12 atom stereocenters. The van der Waals surface area contributed by atoms with Crippen molar-refractivity contribution in [3.63, 3.8) is 0 Å². The number of carbonyl (C=O) groups excluding carboxylic acids is 1. The molecule has 0 radical (unpaired) electrons. The number of ether oxygens (including phenoxy) is 4. The zero-order valence-electron chi connectivity index (χ0n) is 49.0. The van der Waals surface area contributed by atoms with E-state index in [-0.39, 0.29) is 18.9 Å². The molecule has 9 N–H and O–H groups in total. The van der Waals surface area contributed by atoms with Gasteiger partial charge in [0.25, 0.3) is 0 Å². The van der Waals surface area contributed by atoms with Crippen molar-refractivity contribution < 1.29 is 64.6 Å². The van der Waals surface area contributed by atoms with E-state index in [2.05, 4.69) is 31.3 Å². The van der Waals surface area contributed by atoms with Crippen LogP contribution in [0.1, 0.15) is 277 Å². The lowest BCUT2D eigenvalue weighted by Crippen LogP contribution is -2.65. The first kappa shape index (κ1) is 71.6. The Morgan fingerprint density at radius 3 is 1.27 bits per heavy atom. The van der Waals surface area contributed by atoms with Crippen molar-refractivity contribution in [2.45, 2.75) is 351 Å². The molecule has 0 spiro atoms. The molecule has 12 unspecified atom stereocenters. The first-order valence-electron chi connectivity index (χ1n) is 32.1. The molecule has 2 aliphatic rings. The Morgan fingerprint density at radius 1 is 0.455 bits per heavy atom. The lowest BCUT2D eigenvalue weighted by Gasteiger charge is -2.46. The van der Waals surface area contributed by atoms with E-state index in [4.69, 9.17) is 18.9 Å². The van der Waals surface area contributed by atoms with Crippen LogP contribution in [0.25, 0.3) is 0 Å². The number of amides is 1. The smallest absolute Gasteiger partial charge is 0.220 e. The maximum absolute atomic E-state index is 13.2. The van der Waals surface area contributed by atoms with Gasteiger partial charge in [0, 0.05) is 6.42 Å². The number of aliphatic hydroxyl groups is 8. The molecule has 2 fully saturated rings. The number of unbranched alkanes of at least 4 members (excludes halogenated alkanes) is 37. The summed E-state index contributed by atoms with van der Waals surface area (Å²) in [7, 11) is 0. The molecular formula is C63H119NO13. The van der Waals surface area contributed by atoms with E-state index in [9.17, 15) is 45.6 Å². The Labute approximate surface area is 468 Å².